The van der Waals surface area contributed by atoms with Gasteiger partial charge in [-0.2, -0.15) is 17.7 Å². The molecule has 4 nitrogen and oxygen atoms in total. The number of rotatable bonds is 6. The van der Waals surface area contributed by atoms with Crippen LogP contribution in [0.15, 0.2) is 35.7 Å². The summed E-state index contributed by atoms with van der Waals surface area (Å²) in [6.07, 6.45) is 7.53. The fourth-order valence-corrected chi connectivity index (χ4v) is 8.43. The van der Waals surface area contributed by atoms with E-state index in [-0.39, 0.29) is 38.6 Å². The number of hydrogen-bond acceptors (Lipinski definition) is 4. The van der Waals surface area contributed by atoms with Gasteiger partial charge in [0.1, 0.15) is 11.0 Å². The summed E-state index contributed by atoms with van der Waals surface area (Å²) in [7, 11) is -0.0959. The van der Waals surface area contributed by atoms with Gasteiger partial charge >= 0.3 is 5.97 Å². The molecule has 1 aliphatic rings. The molecule has 3 rings (SSSR count). The maximum absolute atomic E-state index is 12.8. The van der Waals surface area contributed by atoms with Gasteiger partial charge in [-0.05, 0) is 36.9 Å². The van der Waals surface area contributed by atoms with Gasteiger partial charge in [-0.25, -0.2) is 4.79 Å². The number of nitrogens with one attached hydrogen (secondary N) is 1. The molecule has 7 heteroatoms. The largest absolute Gasteiger partial charge is 0.465 e. The number of carbonyl (C=O) groups is 2. The van der Waals surface area contributed by atoms with E-state index in [4.69, 9.17) is 4.74 Å². The van der Waals surface area contributed by atoms with Crippen LogP contribution in [0, 0.1) is 13.1 Å². The molecule has 1 radical (unpaired) electrons. The molecule has 1 aromatic heterocycles. The van der Waals surface area contributed by atoms with Gasteiger partial charge < -0.3 is 10.1 Å². The third-order valence-corrected chi connectivity index (χ3v) is 10.0. The first kappa shape index (κ1) is 22.6. The van der Waals surface area contributed by atoms with Crippen LogP contribution < -0.4 is 5.32 Å². The van der Waals surface area contributed by atoms with Crippen molar-refractivity contribution in [3.63, 3.8) is 0 Å². The van der Waals surface area contributed by atoms with Crippen LogP contribution in [0.3, 0.4) is 0 Å². The van der Waals surface area contributed by atoms with Crippen LogP contribution in [0.25, 0.3) is 0 Å². The fraction of sp³-hybridized carbons (Fsp3) is 0.350. The SMILES string of the molecule is COC(=O)c1scc(C)c1NC(=O)C[P+]1([CH-]c2ccccc2)CCCC1.[Y]. The second kappa shape index (κ2) is 10.2. The average molecular weight is 478 g/mol. The van der Waals surface area contributed by atoms with Crippen molar-refractivity contribution in [1.29, 1.82) is 0 Å². The number of amides is 1. The number of hydrogen-bond donors (Lipinski definition) is 1. The summed E-state index contributed by atoms with van der Waals surface area (Å²) < 4.78 is 4.83. The summed E-state index contributed by atoms with van der Waals surface area (Å²) in [6, 6.07) is 10.3. The van der Waals surface area contributed by atoms with Crippen LogP contribution in [0.2, 0.25) is 0 Å². The molecule has 0 bridgehead atoms. The monoisotopic (exact) mass is 478 g/mol. The minimum atomic E-state index is -1.45. The van der Waals surface area contributed by atoms with E-state index in [1.54, 1.807) is 0 Å². The summed E-state index contributed by atoms with van der Waals surface area (Å²) >= 11 is 1.31. The fourth-order valence-electron chi connectivity index (χ4n) is 3.46. The Morgan fingerprint density at radius 2 is 1.89 bits per heavy atom. The van der Waals surface area contributed by atoms with E-state index in [2.05, 4.69) is 23.6 Å². The van der Waals surface area contributed by atoms with E-state index in [1.165, 1.54) is 36.9 Å². The zero-order valence-corrected chi connectivity index (χ0v) is 20.3. The van der Waals surface area contributed by atoms with Crippen molar-refractivity contribution >= 4 is 36.2 Å². The Morgan fingerprint density at radius 1 is 1.22 bits per heavy atom. The summed E-state index contributed by atoms with van der Waals surface area (Å²) in [4.78, 5) is 25.2. The third kappa shape index (κ3) is 5.63. The van der Waals surface area contributed by atoms with E-state index in [1.807, 2.05) is 30.5 Å². The van der Waals surface area contributed by atoms with E-state index in [9.17, 15) is 9.59 Å². The van der Waals surface area contributed by atoms with E-state index < -0.39 is 13.2 Å². The Morgan fingerprint density at radius 3 is 2.52 bits per heavy atom. The van der Waals surface area contributed by atoms with Crippen LogP contribution in [0.5, 0.6) is 0 Å². The predicted molar refractivity (Wildman–Crippen MR) is 110 cm³/mol. The van der Waals surface area contributed by atoms with Crippen LogP contribution in [0.4, 0.5) is 5.69 Å². The predicted octanol–water partition coefficient (Wildman–Crippen LogP) is 4.80. The molecule has 141 valence electrons. The number of thiophene rings is 1. The van der Waals surface area contributed by atoms with Crippen molar-refractivity contribution in [2.75, 3.05) is 30.9 Å². The quantitative estimate of drug-likeness (QED) is 0.369. The summed E-state index contributed by atoms with van der Waals surface area (Å²) in [5, 5.41) is 4.86. The molecule has 0 spiro atoms. The van der Waals surface area contributed by atoms with Crippen molar-refractivity contribution < 1.29 is 47.0 Å². The van der Waals surface area contributed by atoms with Gasteiger partial charge in [0.25, 0.3) is 5.91 Å². The molecular weight excluding hydrogens is 454 g/mol. The average Bonchev–Trinajstić information content (AvgIpc) is 3.23. The minimum absolute atomic E-state index is 0. The molecule has 1 fully saturated rings. The van der Waals surface area contributed by atoms with Gasteiger partial charge in [0.15, 0.2) is 0 Å². The van der Waals surface area contributed by atoms with Gasteiger partial charge in [-0.3, -0.25) is 4.79 Å². The van der Waals surface area contributed by atoms with Gasteiger partial charge in [0.05, 0.1) is 25.1 Å². The molecule has 0 atom stereocenters. The Hall–Kier alpha value is -0.736. The van der Waals surface area contributed by atoms with Crippen molar-refractivity contribution in [3.8, 4) is 0 Å². The number of carbonyl (C=O) groups excluding carboxylic acids is 2. The maximum Gasteiger partial charge on any atom is 0.350 e. The molecule has 1 amide bonds. The number of benzene rings is 1. The summed E-state index contributed by atoms with van der Waals surface area (Å²) in [5.41, 5.74) is 2.70. The van der Waals surface area contributed by atoms with Crippen molar-refractivity contribution in [1.82, 2.24) is 0 Å². The molecule has 2 heterocycles. The first-order valence-corrected chi connectivity index (χ1v) is 12.1. The minimum Gasteiger partial charge on any atom is -0.465 e. The zero-order valence-electron chi connectivity index (χ0n) is 15.7. The Bertz CT molecular complexity index is 788. The molecular formula is C20H24NO3PSY. The van der Waals surface area contributed by atoms with Gasteiger partial charge in [-0.15, -0.1) is 23.5 Å². The van der Waals surface area contributed by atoms with Crippen molar-refractivity contribution in [3.05, 3.63) is 57.9 Å². The molecule has 0 aliphatic carbocycles. The molecule has 1 saturated heterocycles. The second-order valence-corrected chi connectivity index (χ2v) is 11.5. The summed E-state index contributed by atoms with van der Waals surface area (Å²) in [5.74, 6) is -0.404. The van der Waals surface area contributed by atoms with Gasteiger partial charge in [0.2, 0.25) is 0 Å². The maximum atomic E-state index is 12.8. The second-order valence-electron chi connectivity index (χ2n) is 6.73. The number of esters is 1. The van der Waals surface area contributed by atoms with E-state index in [0.29, 0.717) is 16.7 Å². The Labute approximate surface area is 190 Å². The first-order valence-electron chi connectivity index (χ1n) is 8.76. The van der Waals surface area contributed by atoms with Crippen LogP contribution >= 0.6 is 18.6 Å². The standard InChI is InChI=1S/C20H24NO3PS.Y/c1-15-14-26-19(20(23)24-2)18(15)21-17(22)13-25(10-6-7-11-25)12-16-8-4-3-5-9-16;/h3-5,8-9,12,14H,6-7,10-11,13H2,1-2H3,(H,21,22);. The number of anilines is 1. The van der Waals surface area contributed by atoms with Crippen LogP contribution in [0.1, 0.15) is 33.6 Å². The Balaban J connectivity index is 0.00000261. The number of aryl methyl sites for hydroxylation is 1. The molecule has 1 aliphatic heterocycles. The first-order chi connectivity index (χ1) is 12.5. The van der Waals surface area contributed by atoms with Crippen LogP contribution in [-0.2, 0) is 42.2 Å². The van der Waals surface area contributed by atoms with Crippen molar-refractivity contribution in [2.45, 2.75) is 19.8 Å². The normalized spacial score (nSPS) is 14.9. The molecule has 0 saturated carbocycles. The van der Waals surface area contributed by atoms with Crippen molar-refractivity contribution in [2.24, 2.45) is 0 Å². The van der Waals surface area contributed by atoms with E-state index in [0.717, 1.165) is 17.9 Å². The van der Waals surface area contributed by atoms with Crippen LogP contribution in [-0.4, -0.2) is 37.5 Å². The summed E-state index contributed by atoms with van der Waals surface area (Å²) in [6.45, 7) is 1.90. The van der Waals surface area contributed by atoms with Gasteiger partial charge in [-0.1, -0.05) is 6.07 Å². The zero-order chi connectivity index (χ0) is 18.6. The smallest absolute Gasteiger partial charge is 0.350 e. The molecule has 0 unspecified atom stereocenters. The third-order valence-electron chi connectivity index (χ3n) is 4.75. The molecule has 1 aromatic carbocycles. The molecule has 2 aromatic rings. The number of methoxy groups -OCH3 is 1. The van der Waals surface area contributed by atoms with Gasteiger partial charge in [0, 0.05) is 40.0 Å². The Kier molecular flexibility index (Phi) is 8.49. The molecule has 27 heavy (non-hydrogen) atoms. The van der Waals surface area contributed by atoms with E-state index >= 15 is 0 Å². The topological polar surface area (TPSA) is 55.4 Å². The molecule has 1 N–H and O–H groups in total. The number of ether oxygens (including phenoxy) is 1.